The maximum atomic E-state index is 9.41. The summed E-state index contributed by atoms with van der Waals surface area (Å²) in [6.07, 6.45) is 2.12. The van der Waals surface area contributed by atoms with Crippen LogP contribution in [-0.4, -0.2) is 18.5 Å². The zero-order valence-corrected chi connectivity index (χ0v) is 9.56. The van der Waals surface area contributed by atoms with Crippen molar-refractivity contribution in [1.29, 1.82) is 0 Å². The third-order valence-electron chi connectivity index (χ3n) is 2.70. The fourth-order valence-corrected chi connectivity index (χ4v) is 1.47. The van der Waals surface area contributed by atoms with Gasteiger partial charge in [0.05, 0.1) is 12.7 Å². The standard InChI is InChI=1S/C13H18O3/c1-10(14)12-3-2-4-13(7-12)16-9-15-8-11-5-6-11/h2-4,7,10-11,14H,5-6,8-9H2,1H3/t10-/m0/s1. The van der Waals surface area contributed by atoms with Gasteiger partial charge in [-0.2, -0.15) is 0 Å². The summed E-state index contributed by atoms with van der Waals surface area (Å²) < 4.78 is 10.8. The molecule has 0 aromatic heterocycles. The van der Waals surface area contributed by atoms with Crippen LogP contribution < -0.4 is 4.74 Å². The van der Waals surface area contributed by atoms with Crippen LogP contribution in [-0.2, 0) is 4.74 Å². The van der Waals surface area contributed by atoms with E-state index in [9.17, 15) is 5.11 Å². The van der Waals surface area contributed by atoms with E-state index >= 15 is 0 Å². The molecule has 88 valence electrons. The first kappa shape index (κ1) is 11.4. The van der Waals surface area contributed by atoms with E-state index < -0.39 is 6.10 Å². The van der Waals surface area contributed by atoms with Crippen molar-refractivity contribution in [1.82, 2.24) is 0 Å². The highest BCUT2D eigenvalue weighted by Crippen LogP contribution is 2.28. The van der Waals surface area contributed by atoms with Crippen LogP contribution in [0.1, 0.15) is 31.4 Å². The molecule has 1 atom stereocenters. The minimum Gasteiger partial charge on any atom is -0.468 e. The van der Waals surface area contributed by atoms with Gasteiger partial charge in [-0.3, -0.25) is 0 Å². The third kappa shape index (κ3) is 3.51. The van der Waals surface area contributed by atoms with Gasteiger partial charge in [-0.1, -0.05) is 12.1 Å². The number of hydrogen-bond donors (Lipinski definition) is 1. The Morgan fingerprint density at radius 2 is 2.25 bits per heavy atom. The molecule has 1 aliphatic rings. The maximum absolute atomic E-state index is 9.41. The maximum Gasteiger partial charge on any atom is 0.189 e. The monoisotopic (exact) mass is 222 g/mol. The molecule has 0 bridgehead atoms. The molecule has 0 aliphatic heterocycles. The van der Waals surface area contributed by atoms with Gasteiger partial charge in [0.1, 0.15) is 5.75 Å². The number of aliphatic hydroxyl groups excluding tert-OH is 1. The second-order valence-electron chi connectivity index (χ2n) is 4.32. The van der Waals surface area contributed by atoms with Crippen LogP contribution in [0.5, 0.6) is 5.75 Å². The first-order valence-electron chi connectivity index (χ1n) is 5.74. The highest BCUT2D eigenvalue weighted by Gasteiger charge is 2.21. The highest BCUT2D eigenvalue weighted by molar-refractivity contribution is 5.29. The smallest absolute Gasteiger partial charge is 0.189 e. The third-order valence-corrected chi connectivity index (χ3v) is 2.70. The van der Waals surface area contributed by atoms with Crippen LogP contribution in [0.4, 0.5) is 0 Å². The fraction of sp³-hybridized carbons (Fsp3) is 0.538. The molecule has 3 nitrogen and oxygen atoms in total. The van der Waals surface area contributed by atoms with Gasteiger partial charge in [0.2, 0.25) is 0 Å². The molecular formula is C13H18O3. The lowest BCUT2D eigenvalue weighted by Crippen LogP contribution is -2.05. The molecule has 0 amide bonds. The average Bonchev–Trinajstić information content (AvgIpc) is 3.09. The van der Waals surface area contributed by atoms with Gasteiger partial charge in [-0.25, -0.2) is 0 Å². The van der Waals surface area contributed by atoms with E-state index in [1.54, 1.807) is 6.92 Å². The molecule has 1 fully saturated rings. The Kier molecular flexibility index (Phi) is 3.80. The predicted octanol–water partition coefficient (Wildman–Crippen LogP) is 2.50. The topological polar surface area (TPSA) is 38.7 Å². The molecule has 2 rings (SSSR count). The van der Waals surface area contributed by atoms with Crippen molar-refractivity contribution in [3.63, 3.8) is 0 Å². The van der Waals surface area contributed by atoms with E-state index in [-0.39, 0.29) is 0 Å². The van der Waals surface area contributed by atoms with E-state index in [0.717, 1.165) is 23.8 Å². The fourth-order valence-electron chi connectivity index (χ4n) is 1.47. The van der Waals surface area contributed by atoms with Gasteiger partial charge < -0.3 is 14.6 Å². The van der Waals surface area contributed by atoms with Gasteiger partial charge in [0.15, 0.2) is 6.79 Å². The van der Waals surface area contributed by atoms with E-state index in [4.69, 9.17) is 9.47 Å². The summed E-state index contributed by atoms with van der Waals surface area (Å²) in [5.41, 5.74) is 0.861. The van der Waals surface area contributed by atoms with E-state index in [2.05, 4.69) is 0 Å². The summed E-state index contributed by atoms with van der Waals surface area (Å²) in [6.45, 7) is 2.83. The van der Waals surface area contributed by atoms with Crippen molar-refractivity contribution in [2.24, 2.45) is 5.92 Å². The lowest BCUT2D eigenvalue weighted by Gasteiger charge is -2.09. The zero-order valence-electron chi connectivity index (χ0n) is 9.56. The number of ether oxygens (including phenoxy) is 2. The quantitative estimate of drug-likeness (QED) is 0.593. The molecule has 3 heteroatoms. The Morgan fingerprint density at radius 1 is 1.44 bits per heavy atom. The summed E-state index contributed by atoms with van der Waals surface area (Å²) >= 11 is 0. The van der Waals surface area contributed by atoms with Crippen LogP contribution in [0, 0.1) is 5.92 Å². The minimum absolute atomic E-state index is 0.291. The molecule has 0 saturated heterocycles. The first-order valence-corrected chi connectivity index (χ1v) is 5.74. The number of aliphatic hydroxyl groups is 1. The van der Waals surface area contributed by atoms with Crippen LogP contribution in [0.2, 0.25) is 0 Å². The number of benzene rings is 1. The molecule has 1 aliphatic carbocycles. The number of rotatable bonds is 6. The number of hydrogen-bond acceptors (Lipinski definition) is 3. The molecule has 1 N–H and O–H groups in total. The molecule has 1 aromatic rings. The molecule has 16 heavy (non-hydrogen) atoms. The summed E-state index contributed by atoms with van der Waals surface area (Å²) in [7, 11) is 0. The average molecular weight is 222 g/mol. The molecule has 0 spiro atoms. The van der Waals surface area contributed by atoms with Crippen molar-refractivity contribution >= 4 is 0 Å². The largest absolute Gasteiger partial charge is 0.468 e. The van der Waals surface area contributed by atoms with Crippen molar-refractivity contribution in [3.05, 3.63) is 29.8 Å². The Balaban J connectivity index is 1.76. The van der Waals surface area contributed by atoms with Crippen molar-refractivity contribution in [2.45, 2.75) is 25.9 Å². The second-order valence-corrected chi connectivity index (χ2v) is 4.32. The van der Waals surface area contributed by atoms with E-state index in [1.807, 2.05) is 24.3 Å². The van der Waals surface area contributed by atoms with Gasteiger partial charge in [0.25, 0.3) is 0 Å². The SMILES string of the molecule is C[C@H](O)c1cccc(OCOCC2CC2)c1. The second kappa shape index (κ2) is 5.32. The van der Waals surface area contributed by atoms with E-state index in [1.165, 1.54) is 12.8 Å². The molecule has 0 radical (unpaired) electrons. The van der Waals surface area contributed by atoms with E-state index in [0.29, 0.717) is 6.79 Å². The lowest BCUT2D eigenvalue weighted by atomic mass is 10.1. The molecular weight excluding hydrogens is 204 g/mol. The van der Waals surface area contributed by atoms with Gasteiger partial charge >= 0.3 is 0 Å². The van der Waals surface area contributed by atoms with Crippen molar-refractivity contribution < 1.29 is 14.6 Å². The van der Waals surface area contributed by atoms with Gasteiger partial charge in [0, 0.05) is 0 Å². The van der Waals surface area contributed by atoms with Crippen LogP contribution in [0.25, 0.3) is 0 Å². The molecule has 0 unspecified atom stereocenters. The Labute approximate surface area is 96.0 Å². The van der Waals surface area contributed by atoms with Crippen LogP contribution >= 0.6 is 0 Å². The van der Waals surface area contributed by atoms with Crippen molar-refractivity contribution in [2.75, 3.05) is 13.4 Å². The summed E-state index contributed by atoms with van der Waals surface area (Å²) in [5, 5.41) is 9.41. The van der Waals surface area contributed by atoms with Crippen molar-refractivity contribution in [3.8, 4) is 5.75 Å². The Hall–Kier alpha value is -1.06. The lowest BCUT2D eigenvalue weighted by molar-refractivity contribution is 0.00984. The minimum atomic E-state index is -0.462. The van der Waals surface area contributed by atoms with Crippen LogP contribution in [0.3, 0.4) is 0 Å². The zero-order chi connectivity index (χ0) is 11.4. The van der Waals surface area contributed by atoms with Gasteiger partial charge in [-0.05, 0) is 43.4 Å². The van der Waals surface area contributed by atoms with Crippen LogP contribution in [0.15, 0.2) is 24.3 Å². The predicted molar refractivity (Wildman–Crippen MR) is 61.2 cm³/mol. The Morgan fingerprint density at radius 3 is 2.94 bits per heavy atom. The summed E-state index contributed by atoms with van der Waals surface area (Å²) in [6, 6.07) is 7.46. The first-order chi connectivity index (χ1) is 7.75. The molecule has 1 aromatic carbocycles. The molecule has 0 heterocycles. The Bertz CT molecular complexity index is 332. The summed E-state index contributed by atoms with van der Waals surface area (Å²) in [5.74, 6) is 1.50. The highest BCUT2D eigenvalue weighted by atomic mass is 16.7. The summed E-state index contributed by atoms with van der Waals surface area (Å²) in [4.78, 5) is 0. The molecule has 1 saturated carbocycles. The van der Waals surface area contributed by atoms with Gasteiger partial charge in [-0.15, -0.1) is 0 Å². The normalized spacial score (nSPS) is 17.1.